The van der Waals surface area contributed by atoms with Crippen molar-refractivity contribution in [3.8, 4) is 0 Å². The van der Waals surface area contributed by atoms with Crippen LogP contribution in [0.1, 0.15) is 24.8 Å². The molecule has 1 aliphatic carbocycles. The molecule has 1 aliphatic heterocycles. The zero-order chi connectivity index (χ0) is 18.8. The molecule has 1 N–H and O–H groups in total. The van der Waals surface area contributed by atoms with Crippen LogP contribution >= 0.6 is 24.0 Å². The van der Waals surface area contributed by atoms with Crippen LogP contribution in [0, 0.1) is 0 Å². The van der Waals surface area contributed by atoms with Crippen LogP contribution in [0.3, 0.4) is 0 Å². The topological polar surface area (TPSA) is 65.8 Å². The number of aryl methyl sites for hydroxylation is 1. The van der Waals surface area contributed by atoms with Gasteiger partial charge in [0.2, 0.25) is 5.91 Å². The van der Waals surface area contributed by atoms with E-state index < -0.39 is 0 Å². The first-order valence-corrected chi connectivity index (χ1v) is 9.55. The Balaban J connectivity index is 0.00000225. The van der Waals surface area contributed by atoms with E-state index in [0.29, 0.717) is 31.6 Å². The highest BCUT2D eigenvalue weighted by atomic mass is 127. The normalized spacial score (nSPS) is 22.1. The van der Waals surface area contributed by atoms with Crippen molar-refractivity contribution in [2.45, 2.75) is 25.3 Å². The van der Waals surface area contributed by atoms with Crippen LogP contribution in [-0.2, 0) is 11.8 Å². The molecule has 4 rings (SSSR count). The first-order valence-electron chi connectivity index (χ1n) is 9.55. The van der Waals surface area contributed by atoms with Crippen molar-refractivity contribution in [1.82, 2.24) is 20.0 Å². The molecule has 1 saturated heterocycles. The Morgan fingerprint density at radius 1 is 1.29 bits per heavy atom. The Morgan fingerprint density at radius 2 is 2.07 bits per heavy atom. The van der Waals surface area contributed by atoms with E-state index in [9.17, 15) is 4.79 Å². The van der Waals surface area contributed by atoms with E-state index in [-0.39, 0.29) is 29.9 Å². The number of benzene rings is 1. The lowest BCUT2D eigenvalue weighted by atomic mass is 10.1. The molecule has 1 aromatic heterocycles. The van der Waals surface area contributed by atoms with Gasteiger partial charge in [-0.2, -0.15) is 5.10 Å². The largest absolute Gasteiger partial charge is 0.353 e. The molecule has 1 saturated carbocycles. The lowest BCUT2D eigenvalue weighted by molar-refractivity contribution is -0.120. The second-order valence-corrected chi connectivity index (χ2v) is 7.14. The molecule has 2 aliphatic rings. The molecule has 0 spiro atoms. The van der Waals surface area contributed by atoms with E-state index in [1.165, 1.54) is 5.56 Å². The lowest BCUT2D eigenvalue weighted by Crippen LogP contribution is -2.55. The SMILES string of the molecule is CCN=C(NC1CC1c1ccccc1)N1CCN(c2cnn(C)c2)C(=O)C1.I. The Labute approximate surface area is 182 Å². The number of aliphatic imine (C=N–C) groups is 1. The van der Waals surface area contributed by atoms with E-state index in [0.717, 1.165) is 24.6 Å². The molecule has 8 heteroatoms. The van der Waals surface area contributed by atoms with E-state index in [2.05, 4.69) is 44.6 Å². The van der Waals surface area contributed by atoms with Gasteiger partial charge in [0, 0.05) is 44.8 Å². The maximum atomic E-state index is 12.7. The smallest absolute Gasteiger partial charge is 0.246 e. The fourth-order valence-electron chi connectivity index (χ4n) is 3.65. The molecular formula is C20H27IN6O. The highest BCUT2D eigenvalue weighted by molar-refractivity contribution is 14.0. The summed E-state index contributed by atoms with van der Waals surface area (Å²) in [5.74, 6) is 1.45. The average molecular weight is 494 g/mol. The van der Waals surface area contributed by atoms with E-state index >= 15 is 0 Å². The van der Waals surface area contributed by atoms with Crippen LogP contribution in [0.4, 0.5) is 5.69 Å². The number of guanidine groups is 1. The van der Waals surface area contributed by atoms with Gasteiger partial charge in [-0.1, -0.05) is 30.3 Å². The summed E-state index contributed by atoms with van der Waals surface area (Å²) in [5, 5.41) is 7.75. The highest BCUT2D eigenvalue weighted by Gasteiger charge is 2.40. The second kappa shape index (κ2) is 8.93. The molecule has 2 heterocycles. The summed E-state index contributed by atoms with van der Waals surface area (Å²) in [6.45, 7) is 4.46. The van der Waals surface area contributed by atoms with Gasteiger partial charge in [-0.05, 0) is 18.9 Å². The summed E-state index contributed by atoms with van der Waals surface area (Å²) in [7, 11) is 1.86. The fraction of sp³-hybridized carbons (Fsp3) is 0.450. The molecule has 2 unspecified atom stereocenters. The predicted octanol–water partition coefficient (Wildman–Crippen LogP) is 2.21. The van der Waals surface area contributed by atoms with Crippen molar-refractivity contribution >= 4 is 41.5 Å². The molecule has 0 bridgehead atoms. The molecule has 2 atom stereocenters. The molecular weight excluding hydrogens is 467 g/mol. The van der Waals surface area contributed by atoms with Crippen LogP contribution in [0.25, 0.3) is 0 Å². The van der Waals surface area contributed by atoms with Gasteiger partial charge in [-0.3, -0.25) is 14.5 Å². The molecule has 7 nitrogen and oxygen atoms in total. The van der Waals surface area contributed by atoms with Crippen molar-refractivity contribution in [2.24, 2.45) is 12.0 Å². The number of nitrogens with zero attached hydrogens (tertiary/aromatic N) is 5. The highest BCUT2D eigenvalue weighted by Crippen LogP contribution is 2.40. The van der Waals surface area contributed by atoms with Gasteiger partial charge < -0.3 is 15.1 Å². The number of carbonyl (C=O) groups excluding carboxylic acids is 1. The molecule has 1 amide bonds. The van der Waals surface area contributed by atoms with Crippen molar-refractivity contribution in [3.63, 3.8) is 0 Å². The summed E-state index contributed by atoms with van der Waals surface area (Å²) < 4.78 is 1.72. The zero-order valence-corrected chi connectivity index (χ0v) is 18.6. The minimum absolute atomic E-state index is 0. The maximum Gasteiger partial charge on any atom is 0.246 e. The number of rotatable bonds is 4. The third-order valence-electron chi connectivity index (χ3n) is 5.16. The summed E-state index contributed by atoms with van der Waals surface area (Å²) in [6.07, 6.45) is 4.72. The third kappa shape index (κ3) is 4.48. The molecule has 2 fully saturated rings. The Morgan fingerprint density at radius 3 is 2.71 bits per heavy atom. The Bertz CT molecular complexity index is 836. The predicted molar refractivity (Wildman–Crippen MR) is 121 cm³/mol. The number of nitrogens with one attached hydrogen (secondary N) is 1. The van der Waals surface area contributed by atoms with Crippen molar-refractivity contribution in [3.05, 3.63) is 48.3 Å². The van der Waals surface area contributed by atoms with Crippen molar-refractivity contribution in [2.75, 3.05) is 31.1 Å². The number of amides is 1. The van der Waals surface area contributed by atoms with Gasteiger partial charge in [0.25, 0.3) is 0 Å². The number of hydrogen-bond acceptors (Lipinski definition) is 3. The fourth-order valence-corrected chi connectivity index (χ4v) is 3.65. The number of piperazine rings is 1. The summed E-state index contributed by atoms with van der Waals surface area (Å²) in [4.78, 5) is 21.2. The summed E-state index contributed by atoms with van der Waals surface area (Å²) in [6, 6.07) is 11.0. The summed E-state index contributed by atoms with van der Waals surface area (Å²) >= 11 is 0. The monoisotopic (exact) mass is 494 g/mol. The average Bonchev–Trinajstić information content (AvgIpc) is 3.32. The molecule has 0 radical (unpaired) electrons. The van der Waals surface area contributed by atoms with Crippen LogP contribution in [0.5, 0.6) is 0 Å². The Hall–Kier alpha value is -2.10. The van der Waals surface area contributed by atoms with E-state index in [4.69, 9.17) is 0 Å². The third-order valence-corrected chi connectivity index (χ3v) is 5.16. The van der Waals surface area contributed by atoms with Gasteiger partial charge in [0.05, 0.1) is 11.9 Å². The van der Waals surface area contributed by atoms with Gasteiger partial charge in [-0.25, -0.2) is 0 Å². The minimum atomic E-state index is 0. The van der Waals surface area contributed by atoms with E-state index in [1.54, 1.807) is 15.8 Å². The molecule has 1 aromatic carbocycles. The first kappa shape index (κ1) is 20.6. The zero-order valence-electron chi connectivity index (χ0n) is 16.3. The van der Waals surface area contributed by atoms with Gasteiger partial charge in [0.15, 0.2) is 5.96 Å². The van der Waals surface area contributed by atoms with Gasteiger partial charge >= 0.3 is 0 Å². The number of anilines is 1. The van der Waals surface area contributed by atoms with Crippen LogP contribution in [-0.4, -0.2) is 58.8 Å². The number of aromatic nitrogens is 2. The standard InChI is InChI=1S/C20H26N6O.HI/c1-3-21-20(23-18-11-17(18)15-7-5-4-6-8-15)25-9-10-26(19(27)14-25)16-12-22-24(2)13-16;/h4-8,12-13,17-18H,3,9-11,14H2,1-2H3,(H,21,23);1H. The lowest BCUT2D eigenvalue weighted by Gasteiger charge is -2.35. The first-order chi connectivity index (χ1) is 13.2. The van der Waals surface area contributed by atoms with Crippen molar-refractivity contribution < 1.29 is 4.79 Å². The summed E-state index contributed by atoms with van der Waals surface area (Å²) in [5.41, 5.74) is 2.22. The number of hydrogen-bond donors (Lipinski definition) is 1. The van der Waals surface area contributed by atoms with Gasteiger partial charge in [-0.15, -0.1) is 24.0 Å². The molecule has 28 heavy (non-hydrogen) atoms. The molecule has 2 aromatic rings. The van der Waals surface area contributed by atoms with E-state index in [1.807, 2.05) is 26.2 Å². The van der Waals surface area contributed by atoms with Gasteiger partial charge in [0.1, 0.15) is 6.54 Å². The van der Waals surface area contributed by atoms with Crippen LogP contribution in [0.15, 0.2) is 47.7 Å². The number of carbonyl (C=O) groups is 1. The number of halogens is 1. The second-order valence-electron chi connectivity index (χ2n) is 7.14. The Kier molecular flexibility index (Phi) is 6.58. The maximum absolute atomic E-state index is 12.7. The quantitative estimate of drug-likeness (QED) is 0.402. The van der Waals surface area contributed by atoms with Crippen molar-refractivity contribution in [1.29, 1.82) is 0 Å². The minimum Gasteiger partial charge on any atom is -0.353 e. The van der Waals surface area contributed by atoms with Crippen LogP contribution < -0.4 is 10.2 Å². The van der Waals surface area contributed by atoms with Crippen LogP contribution in [0.2, 0.25) is 0 Å². The molecule has 150 valence electrons.